The Labute approximate surface area is 186 Å². The van der Waals surface area contributed by atoms with Crippen LogP contribution in [0.15, 0.2) is 48.5 Å². The quantitative estimate of drug-likeness (QED) is 0.507. The minimum atomic E-state index is -4.46. The van der Waals surface area contributed by atoms with Gasteiger partial charge < -0.3 is 15.4 Å². The molecule has 0 saturated heterocycles. The highest BCUT2D eigenvalue weighted by atomic mass is 127. The summed E-state index contributed by atoms with van der Waals surface area (Å²) in [4.78, 5) is 24.9. The average Bonchev–Trinajstić information content (AvgIpc) is 2.61. The third-order valence-corrected chi connectivity index (χ3v) is 4.56. The maximum atomic E-state index is 12.8. The zero-order valence-electron chi connectivity index (χ0n) is 16.6. The lowest BCUT2D eigenvalue weighted by Crippen LogP contribution is -2.47. The van der Waals surface area contributed by atoms with E-state index in [1.807, 2.05) is 24.3 Å². The second kappa shape index (κ2) is 9.67. The molecule has 0 spiro atoms. The van der Waals surface area contributed by atoms with Gasteiger partial charge in [-0.2, -0.15) is 13.2 Å². The van der Waals surface area contributed by atoms with Crippen LogP contribution in [-0.4, -0.2) is 23.6 Å². The number of nitrogens with one attached hydrogen (secondary N) is 2. The first kappa shape index (κ1) is 24.0. The number of carbonyl (C=O) groups excluding carboxylic acids is 2. The number of ether oxygens (including phenoxy) is 1. The second-order valence-electron chi connectivity index (χ2n) is 7.59. The maximum absolute atomic E-state index is 12.8. The number of hydrogen-bond donors (Lipinski definition) is 2. The minimum absolute atomic E-state index is 0.183. The molecule has 2 amide bonds. The molecule has 0 aliphatic heterocycles. The van der Waals surface area contributed by atoms with Crippen molar-refractivity contribution in [3.05, 3.63) is 63.2 Å². The van der Waals surface area contributed by atoms with Gasteiger partial charge in [0.2, 0.25) is 5.91 Å². The summed E-state index contributed by atoms with van der Waals surface area (Å²) in [5.74, 6) is -0.570. The Morgan fingerprint density at radius 2 is 1.57 bits per heavy atom. The smallest absolute Gasteiger partial charge is 0.416 e. The number of benzene rings is 2. The number of rotatable bonds is 5. The lowest BCUT2D eigenvalue weighted by Gasteiger charge is -2.23. The van der Waals surface area contributed by atoms with Gasteiger partial charge in [0, 0.05) is 15.7 Å². The predicted octanol–water partition coefficient (Wildman–Crippen LogP) is 5.38. The predicted molar refractivity (Wildman–Crippen MR) is 116 cm³/mol. The number of carbonyl (C=O) groups is 2. The highest BCUT2D eigenvalue weighted by Gasteiger charge is 2.30. The summed E-state index contributed by atoms with van der Waals surface area (Å²) >= 11 is 2.15. The molecular formula is C21H22F3IN2O3. The third-order valence-electron chi connectivity index (χ3n) is 3.84. The molecule has 0 radical (unpaired) electrons. The van der Waals surface area contributed by atoms with E-state index in [9.17, 15) is 22.8 Å². The standard InChI is InChI=1S/C21H22F3IN2O3/c1-20(2,3)30-19(29)27-17(12-13-4-8-15(25)9-5-13)18(28)26-16-10-6-14(7-11-16)21(22,23)24/h4-11,17H,12H2,1-3H3,(H,26,28)(H,27,29)/t17-/m1/s1. The lowest BCUT2D eigenvalue weighted by atomic mass is 10.1. The molecule has 2 N–H and O–H groups in total. The number of alkyl carbamates (subject to hydrolysis) is 1. The molecule has 2 rings (SSSR count). The Kier molecular flexibility index (Phi) is 7.73. The van der Waals surface area contributed by atoms with Crippen LogP contribution in [0.4, 0.5) is 23.7 Å². The van der Waals surface area contributed by atoms with Gasteiger partial charge in [-0.3, -0.25) is 4.79 Å². The fourth-order valence-corrected chi connectivity index (χ4v) is 2.85. The zero-order valence-corrected chi connectivity index (χ0v) is 18.8. The van der Waals surface area contributed by atoms with E-state index in [4.69, 9.17) is 4.74 Å². The van der Waals surface area contributed by atoms with E-state index in [0.29, 0.717) is 0 Å². The number of halogens is 4. The fourth-order valence-electron chi connectivity index (χ4n) is 2.49. The molecular weight excluding hydrogens is 512 g/mol. The van der Waals surface area contributed by atoms with Gasteiger partial charge in [0.05, 0.1) is 5.56 Å². The van der Waals surface area contributed by atoms with E-state index in [0.717, 1.165) is 33.4 Å². The molecule has 9 heteroatoms. The Balaban J connectivity index is 2.16. The first-order valence-corrected chi connectivity index (χ1v) is 10.1. The summed E-state index contributed by atoms with van der Waals surface area (Å²) < 4.78 is 44.4. The highest BCUT2D eigenvalue weighted by molar-refractivity contribution is 14.1. The van der Waals surface area contributed by atoms with Crippen molar-refractivity contribution in [2.45, 2.75) is 45.0 Å². The highest BCUT2D eigenvalue weighted by Crippen LogP contribution is 2.29. The second-order valence-corrected chi connectivity index (χ2v) is 8.84. The normalized spacial score (nSPS) is 12.8. The largest absolute Gasteiger partial charge is 0.444 e. The summed E-state index contributed by atoms with van der Waals surface area (Å²) in [7, 11) is 0. The Morgan fingerprint density at radius 3 is 2.07 bits per heavy atom. The van der Waals surface area contributed by atoms with Crippen molar-refractivity contribution in [3.63, 3.8) is 0 Å². The van der Waals surface area contributed by atoms with Gasteiger partial charge in [0.25, 0.3) is 0 Å². The van der Waals surface area contributed by atoms with E-state index in [1.54, 1.807) is 20.8 Å². The van der Waals surface area contributed by atoms with Crippen LogP contribution in [0.1, 0.15) is 31.9 Å². The number of hydrogen-bond acceptors (Lipinski definition) is 3. The van der Waals surface area contributed by atoms with Crippen LogP contribution >= 0.6 is 22.6 Å². The molecule has 30 heavy (non-hydrogen) atoms. The summed E-state index contributed by atoms with van der Waals surface area (Å²) in [5.41, 5.74) is -0.574. The third kappa shape index (κ3) is 7.85. The molecule has 0 unspecified atom stereocenters. The van der Waals surface area contributed by atoms with E-state index in [2.05, 4.69) is 33.2 Å². The van der Waals surface area contributed by atoms with Crippen molar-refractivity contribution in [1.82, 2.24) is 5.32 Å². The van der Waals surface area contributed by atoms with Gasteiger partial charge >= 0.3 is 12.3 Å². The average molecular weight is 534 g/mol. The van der Waals surface area contributed by atoms with Crippen molar-refractivity contribution in [3.8, 4) is 0 Å². The number of anilines is 1. The summed E-state index contributed by atoms with van der Waals surface area (Å²) in [6, 6.07) is 10.5. The molecule has 0 aliphatic carbocycles. The lowest BCUT2D eigenvalue weighted by molar-refractivity contribution is -0.137. The summed E-state index contributed by atoms with van der Waals surface area (Å²) in [6.45, 7) is 5.09. The van der Waals surface area contributed by atoms with Crippen molar-refractivity contribution >= 4 is 40.3 Å². The fraction of sp³-hybridized carbons (Fsp3) is 0.333. The number of amides is 2. The van der Waals surface area contributed by atoms with Gasteiger partial charge in [-0.05, 0) is 85.3 Å². The van der Waals surface area contributed by atoms with E-state index >= 15 is 0 Å². The maximum Gasteiger partial charge on any atom is 0.416 e. The minimum Gasteiger partial charge on any atom is -0.444 e. The van der Waals surface area contributed by atoms with E-state index in [-0.39, 0.29) is 12.1 Å². The molecule has 2 aromatic rings. The van der Waals surface area contributed by atoms with E-state index < -0.39 is 35.4 Å². The molecule has 0 bridgehead atoms. The molecule has 0 aromatic heterocycles. The van der Waals surface area contributed by atoms with Crippen LogP contribution in [0, 0.1) is 3.57 Å². The van der Waals surface area contributed by atoms with Crippen LogP contribution in [-0.2, 0) is 22.1 Å². The van der Waals surface area contributed by atoms with Crippen molar-refractivity contribution in [2.75, 3.05) is 5.32 Å². The van der Waals surface area contributed by atoms with Crippen LogP contribution in [0.2, 0.25) is 0 Å². The van der Waals surface area contributed by atoms with Gasteiger partial charge in [0.15, 0.2) is 0 Å². The van der Waals surface area contributed by atoms with Crippen molar-refractivity contribution in [1.29, 1.82) is 0 Å². The van der Waals surface area contributed by atoms with Crippen LogP contribution in [0.5, 0.6) is 0 Å². The first-order valence-electron chi connectivity index (χ1n) is 9.05. The zero-order chi connectivity index (χ0) is 22.5. The number of alkyl halides is 3. The van der Waals surface area contributed by atoms with E-state index in [1.165, 1.54) is 0 Å². The Bertz CT molecular complexity index is 876. The van der Waals surface area contributed by atoms with Gasteiger partial charge in [-0.15, -0.1) is 0 Å². The van der Waals surface area contributed by atoms with Gasteiger partial charge in [-0.25, -0.2) is 4.79 Å². The Morgan fingerprint density at radius 1 is 1.00 bits per heavy atom. The molecule has 0 fully saturated rings. The molecule has 162 valence electrons. The first-order chi connectivity index (χ1) is 13.8. The van der Waals surface area contributed by atoms with Crippen LogP contribution in [0.3, 0.4) is 0 Å². The van der Waals surface area contributed by atoms with Gasteiger partial charge in [0.1, 0.15) is 11.6 Å². The van der Waals surface area contributed by atoms with Gasteiger partial charge in [-0.1, -0.05) is 12.1 Å². The molecule has 0 aliphatic rings. The van der Waals surface area contributed by atoms with Crippen LogP contribution in [0.25, 0.3) is 0 Å². The molecule has 5 nitrogen and oxygen atoms in total. The monoisotopic (exact) mass is 534 g/mol. The molecule has 2 aromatic carbocycles. The SMILES string of the molecule is CC(C)(C)OC(=O)N[C@H](Cc1ccc(I)cc1)C(=O)Nc1ccc(C(F)(F)F)cc1. The van der Waals surface area contributed by atoms with Crippen molar-refractivity contribution in [2.24, 2.45) is 0 Å². The van der Waals surface area contributed by atoms with Crippen molar-refractivity contribution < 1.29 is 27.5 Å². The molecule has 0 heterocycles. The molecule has 0 saturated carbocycles. The summed E-state index contributed by atoms with van der Waals surface area (Å²) in [5, 5.41) is 5.08. The Hall–Kier alpha value is -2.30. The topological polar surface area (TPSA) is 67.4 Å². The summed E-state index contributed by atoms with van der Waals surface area (Å²) in [6.07, 6.45) is -5.04. The van der Waals surface area contributed by atoms with Crippen LogP contribution < -0.4 is 10.6 Å². The molecule has 1 atom stereocenters.